The van der Waals surface area contributed by atoms with E-state index in [4.69, 9.17) is 0 Å². The van der Waals surface area contributed by atoms with Gasteiger partial charge in [-0.15, -0.1) is 11.3 Å². The predicted molar refractivity (Wildman–Crippen MR) is 78.0 cm³/mol. The van der Waals surface area contributed by atoms with Gasteiger partial charge in [0.1, 0.15) is 5.82 Å². The minimum atomic E-state index is -0.318. The molecular weight excluding hydrogens is 273 g/mol. The molecule has 0 unspecified atom stereocenters. The molecule has 3 rings (SSSR count). The van der Waals surface area contributed by atoms with Gasteiger partial charge in [-0.3, -0.25) is 4.79 Å². The maximum atomic E-state index is 13.6. The lowest BCUT2D eigenvalue weighted by atomic mass is 10.1. The highest BCUT2D eigenvalue weighted by atomic mass is 32.1. The second-order valence-corrected chi connectivity index (χ2v) is 6.15. The van der Waals surface area contributed by atoms with Gasteiger partial charge < -0.3 is 5.32 Å². The number of rotatable bonds is 5. The van der Waals surface area contributed by atoms with Crippen molar-refractivity contribution in [2.75, 3.05) is 0 Å². The lowest BCUT2D eigenvalue weighted by Gasteiger charge is -2.17. The Bertz CT molecular complexity index is 592. The summed E-state index contributed by atoms with van der Waals surface area (Å²) in [6.07, 6.45) is 2.41. The second-order valence-electron chi connectivity index (χ2n) is 5.17. The molecular formula is C16H16FNOS. The minimum absolute atomic E-state index is 0.0919. The van der Waals surface area contributed by atoms with E-state index in [2.05, 4.69) is 11.4 Å². The Balaban J connectivity index is 1.67. The number of nitrogens with one attached hydrogen (secondary N) is 1. The van der Waals surface area contributed by atoms with Crippen LogP contribution in [-0.2, 0) is 11.2 Å². The molecule has 2 nitrogen and oxygen atoms in total. The smallest absolute Gasteiger partial charge is 0.225 e. The summed E-state index contributed by atoms with van der Waals surface area (Å²) >= 11 is 1.66. The van der Waals surface area contributed by atoms with Gasteiger partial charge in [0.2, 0.25) is 5.91 Å². The van der Waals surface area contributed by atoms with Crippen LogP contribution in [0.4, 0.5) is 4.39 Å². The van der Waals surface area contributed by atoms with Crippen LogP contribution < -0.4 is 5.32 Å². The van der Waals surface area contributed by atoms with Crippen molar-refractivity contribution in [1.82, 2.24) is 5.32 Å². The van der Waals surface area contributed by atoms with E-state index in [1.165, 1.54) is 10.9 Å². The number of carbonyl (C=O) groups is 1. The Morgan fingerprint density at radius 2 is 2.10 bits per heavy atom. The average molecular weight is 289 g/mol. The van der Waals surface area contributed by atoms with E-state index >= 15 is 0 Å². The van der Waals surface area contributed by atoms with E-state index in [0.29, 0.717) is 11.5 Å². The van der Waals surface area contributed by atoms with Crippen LogP contribution >= 0.6 is 11.3 Å². The highest BCUT2D eigenvalue weighted by molar-refractivity contribution is 7.10. The third kappa shape index (κ3) is 3.07. The van der Waals surface area contributed by atoms with Crippen molar-refractivity contribution < 1.29 is 9.18 Å². The molecule has 4 heteroatoms. The first kappa shape index (κ1) is 13.3. The van der Waals surface area contributed by atoms with Gasteiger partial charge in [-0.1, -0.05) is 24.3 Å². The zero-order chi connectivity index (χ0) is 13.9. The Morgan fingerprint density at radius 1 is 1.30 bits per heavy atom. The van der Waals surface area contributed by atoms with Crippen LogP contribution in [0.3, 0.4) is 0 Å². The van der Waals surface area contributed by atoms with Crippen molar-refractivity contribution >= 4 is 17.2 Å². The van der Waals surface area contributed by atoms with E-state index < -0.39 is 0 Å². The topological polar surface area (TPSA) is 29.1 Å². The van der Waals surface area contributed by atoms with Gasteiger partial charge in [-0.25, -0.2) is 4.39 Å². The van der Waals surface area contributed by atoms with Crippen LogP contribution in [-0.4, -0.2) is 5.91 Å². The molecule has 1 heterocycles. The van der Waals surface area contributed by atoms with Crippen LogP contribution in [0.5, 0.6) is 0 Å². The van der Waals surface area contributed by atoms with Crippen molar-refractivity contribution in [3.63, 3.8) is 0 Å². The normalized spacial score (nSPS) is 15.8. The van der Waals surface area contributed by atoms with Crippen molar-refractivity contribution in [3.8, 4) is 0 Å². The molecule has 1 aliphatic carbocycles. The Labute approximate surface area is 121 Å². The highest BCUT2D eigenvalue weighted by Crippen LogP contribution is 2.42. The zero-order valence-corrected chi connectivity index (χ0v) is 11.8. The molecule has 2 aromatic rings. The maximum Gasteiger partial charge on any atom is 0.225 e. The quantitative estimate of drug-likeness (QED) is 0.893. The summed E-state index contributed by atoms with van der Waals surface area (Å²) in [5, 5.41) is 5.08. The number of halogens is 1. The van der Waals surface area contributed by atoms with Crippen LogP contribution in [0.15, 0.2) is 41.8 Å². The second kappa shape index (κ2) is 5.75. The third-order valence-corrected chi connectivity index (χ3v) is 4.52. The number of thiophene rings is 1. The monoisotopic (exact) mass is 289 g/mol. The van der Waals surface area contributed by atoms with Gasteiger partial charge in [-0.05, 0) is 41.8 Å². The van der Waals surface area contributed by atoms with E-state index in [1.54, 1.807) is 29.5 Å². The lowest BCUT2D eigenvalue weighted by Crippen LogP contribution is -2.30. The Morgan fingerprint density at radius 3 is 2.75 bits per heavy atom. The summed E-state index contributed by atoms with van der Waals surface area (Å²) in [4.78, 5) is 13.3. The van der Waals surface area contributed by atoms with Gasteiger partial charge in [0.05, 0.1) is 12.5 Å². The minimum Gasteiger partial charge on any atom is -0.348 e. The Hall–Kier alpha value is -1.68. The molecule has 1 fully saturated rings. The lowest BCUT2D eigenvalue weighted by molar-refractivity contribution is -0.121. The molecule has 20 heavy (non-hydrogen) atoms. The fourth-order valence-corrected chi connectivity index (χ4v) is 3.23. The number of hydrogen-bond acceptors (Lipinski definition) is 2. The standard InChI is InChI=1S/C16H16FNOS/c17-13-5-2-1-4-12(13)10-15(19)18-16(11-7-8-11)14-6-3-9-20-14/h1-6,9,11,16H,7-8,10H2,(H,18,19)/t16-/m0/s1. The molecule has 0 spiro atoms. The number of benzene rings is 1. The van der Waals surface area contributed by atoms with Gasteiger partial charge in [0, 0.05) is 4.88 Å². The van der Waals surface area contributed by atoms with Crippen molar-refractivity contribution in [3.05, 3.63) is 58.0 Å². The zero-order valence-electron chi connectivity index (χ0n) is 11.0. The molecule has 1 N–H and O–H groups in total. The molecule has 0 radical (unpaired) electrons. The first-order chi connectivity index (χ1) is 9.74. The first-order valence-electron chi connectivity index (χ1n) is 6.80. The molecule has 0 saturated heterocycles. The summed E-state index contributed by atoms with van der Waals surface area (Å²) in [5.74, 6) is 0.111. The third-order valence-electron chi connectivity index (χ3n) is 3.57. The van der Waals surface area contributed by atoms with Gasteiger partial charge in [0.25, 0.3) is 0 Å². The number of carbonyl (C=O) groups excluding carboxylic acids is 1. The molecule has 1 saturated carbocycles. The predicted octanol–water partition coefficient (Wildman–Crippen LogP) is 3.70. The van der Waals surface area contributed by atoms with Crippen LogP contribution in [0.2, 0.25) is 0 Å². The van der Waals surface area contributed by atoms with Gasteiger partial charge in [-0.2, -0.15) is 0 Å². The fraction of sp³-hybridized carbons (Fsp3) is 0.312. The highest BCUT2D eigenvalue weighted by Gasteiger charge is 2.33. The van der Waals surface area contributed by atoms with Crippen LogP contribution in [0.25, 0.3) is 0 Å². The number of amides is 1. The van der Waals surface area contributed by atoms with Crippen LogP contribution in [0, 0.1) is 11.7 Å². The first-order valence-corrected chi connectivity index (χ1v) is 7.68. The molecule has 1 aliphatic rings. The molecule has 1 amide bonds. The average Bonchev–Trinajstić information content (AvgIpc) is 3.13. The van der Waals surface area contributed by atoms with Crippen LogP contribution in [0.1, 0.15) is 29.3 Å². The largest absolute Gasteiger partial charge is 0.348 e. The van der Waals surface area contributed by atoms with E-state index in [9.17, 15) is 9.18 Å². The van der Waals surface area contributed by atoms with E-state index in [1.807, 2.05) is 11.4 Å². The van der Waals surface area contributed by atoms with Crippen molar-refractivity contribution in [2.24, 2.45) is 5.92 Å². The van der Waals surface area contributed by atoms with Crippen molar-refractivity contribution in [2.45, 2.75) is 25.3 Å². The molecule has 0 aliphatic heterocycles. The number of hydrogen-bond donors (Lipinski definition) is 1. The fourth-order valence-electron chi connectivity index (χ4n) is 2.36. The summed E-state index contributed by atoms with van der Waals surface area (Å²) < 4.78 is 13.6. The Kier molecular flexibility index (Phi) is 3.83. The van der Waals surface area contributed by atoms with Crippen molar-refractivity contribution in [1.29, 1.82) is 0 Å². The summed E-state index contributed by atoms with van der Waals surface area (Å²) in [7, 11) is 0. The molecule has 0 bridgehead atoms. The van der Waals surface area contributed by atoms with E-state index in [-0.39, 0.29) is 24.2 Å². The van der Waals surface area contributed by atoms with Gasteiger partial charge >= 0.3 is 0 Å². The maximum absolute atomic E-state index is 13.6. The van der Waals surface area contributed by atoms with E-state index in [0.717, 1.165) is 12.8 Å². The molecule has 104 valence electrons. The molecule has 1 atom stereocenters. The summed E-state index contributed by atoms with van der Waals surface area (Å²) in [6, 6.07) is 10.6. The molecule has 1 aromatic carbocycles. The SMILES string of the molecule is O=C(Cc1ccccc1F)N[C@H](c1cccs1)C1CC1. The summed E-state index contributed by atoms with van der Waals surface area (Å²) in [6.45, 7) is 0. The summed E-state index contributed by atoms with van der Waals surface area (Å²) in [5.41, 5.74) is 0.450. The van der Waals surface area contributed by atoms with Gasteiger partial charge in [0.15, 0.2) is 0 Å². The molecule has 1 aromatic heterocycles.